The Kier molecular flexibility index (Phi) is 8.28. The van der Waals surface area contributed by atoms with Gasteiger partial charge in [0.15, 0.2) is 0 Å². The lowest BCUT2D eigenvalue weighted by Gasteiger charge is -2.26. The molecule has 0 aliphatic carbocycles. The first-order valence-electron chi connectivity index (χ1n) is 11.2. The van der Waals surface area contributed by atoms with Crippen LogP contribution in [0.15, 0.2) is 64.0 Å². The maximum absolute atomic E-state index is 13.7. The van der Waals surface area contributed by atoms with E-state index >= 15 is 0 Å². The van der Waals surface area contributed by atoms with E-state index < -0.39 is 15.9 Å². The summed E-state index contributed by atoms with van der Waals surface area (Å²) in [7, 11) is -2.53. The van der Waals surface area contributed by atoms with Gasteiger partial charge in [-0.05, 0) is 103 Å². The number of methoxy groups -OCH3 is 1. The summed E-state index contributed by atoms with van der Waals surface area (Å²) in [5.74, 6) is 0.119. The van der Waals surface area contributed by atoms with Gasteiger partial charge in [-0.3, -0.25) is 9.10 Å². The second kappa shape index (κ2) is 10.8. The number of carbonyl (C=O) groups is 1. The zero-order valence-corrected chi connectivity index (χ0v) is 23.2. The van der Waals surface area contributed by atoms with Crippen LogP contribution in [0.4, 0.5) is 5.69 Å². The van der Waals surface area contributed by atoms with Gasteiger partial charge in [0.25, 0.3) is 10.0 Å². The summed E-state index contributed by atoms with van der Waals surface area (Å²) in [6, 6.07) is 15.5. The number of benzene rings is 3. The molecular formula is C27H31BrN2O4S. The summed E-state index contributed by atoms with van der Waals surface area (Å²) in [5, 5.41) is 2.97. The molecule has 1 amide bonds. The number of aryl methyl sites for hydroxylation is 4. The van der Waals surface area contributed by atoms with Crippen LogP contribution in [0.5, 0.6) is 5.75 Å². The van der Waals surface area contributed by atoms with Crippen molar-refractivity contribution in [1.29, 1.82) is 0 Å². The van der Waals surface area contributed by atoms with Crippen LogP contribution in [0.3, 0.4) is 0 Å². The highest BCUT2D eigenvalue weighted by Gasteiger charge is 2.28. The summed E-state index contributed by atoms with van der Waals surface area (Å²) in [6.07, 6.45) is 0. The lowest BCUT2D eigenvalue weighted by atomic mass is 9.96. The van der Waals surface area contributed by atoms with E-state index in [-0.39, 0.29) is 17.5 Å². The zero-order chi connectivity index (χ0) is 25.9. The third-order valence-corrected chi connectivity index (χ3v) is 8.44. The molecule has 3 aromatic rings. The predicted molar refractivity (Wildman–Crippen MR) is 144 cm³/mol. The smallest absolute Gasteiger partial charge is 0.264 e. The van der Waals surface area contributed by atoms with Gasteiger partial charge in [-0.15, -0.1) is 0 Å². The molecule has 8 heteroatoms. The number of carbonyl (C=O) groups excluding carboxylic acids is 1. The molecule has 0 fully saturated rings. The van der Waals surface area contributed by atoms with Gasteiger partial charge in [-0.25, -0.2) is 8.42 Å². The summed E-state index contributed by atoms with van der Waals surface area (Å²) in [4.78, 5) is 13.2. The van der Waals surface area contributed by atoms with Gasteiger partial charge in [0.1, 0.15) is 12.3 Å². The fourth-order valence-corrected chi connectivity index (χ4v) is 6.05. The van der Waals surface area contributed by atoms with Crippen molar-refractivity contribution in [2.45, 2.75) is 45.6 Å². The predicted octanol–water partition coefficient (Wildman–Crippen LogP) is 5.76. The second-order valence-corrected chi connectivity index (χ2v) is 11.4. The number of nitrogens with one attached hydrogen (secondary N) is 1. The van der Waals surface area contributed by atoms with Crippen LogP contribution in [0.1, 0.15) is 40.8 Å². The molecule has 0 saturated heterocycles. The number of amides is 1. The van der Waals surface area contributed by atoms with Gasteiger partial charge in [0.05, 0.1) is 28.2 Å². The number of anilines is 1. The van der Waals surface area contributed by atoms with Gasteiger partial charge in [-0.2, -0.15) is 0 Å². The number of hydrogen-bond acceptors (Lipinski definition) is 4. The second-order valence-electron chi connectivity index (χ2n) is 8.73. The molecule has 0 aliphatic rings. The summed E-state index contributed by atoms with van der Waals surface area (Å²) in [5.41, 5.74) is 5.80. The van der Waals surface area contributed by atoms with Crippen LogP contribution in [0, 0.1) is 27.7 Å². The molecule has 186 valence electrons. The largest absolute Gasteiger partial charge is 0.496 e. The van der Waals surface area contributed by atoms with Crippen LogP contribution in [-0.4, -0.2) is 28.0 Å². The normalized spacial score (nSPS) is 12.2. The standard InChI is InChI=1S/C27H31BrN2O4S/c1-17-7-9-22(10-8-17)30(35(32,33)23-11-12-26(34-6)25(28)15-23)16-27(31)29-21(5)24-14-19(3)18(2)13-20(24)4/h7-15,21H,16H2,1-6H3,(H,29,31)/t21-/m1/s1. The third kappa shape index (κ3) is 6.05. The van der Waals surface area contributed by atoms with Crippen molar-refractivity contribution < 1.29 is 17.9 Å². The van der Waals surface area contributed by atoms with Gasteiger partial charge in [0, 0.05) is 0 Å². The Morgan fingerprint density at radius 3 is 2.20 bits per heavy atom. The highest BCUT2D eigenvalue weighted by molar-refractivity contribution is 9.10. The van der Waals surface area contributed by atoms with Crippen LogP contribution in [0.2, 0.25) is 0 Å². The maximum Gasteiger partial charge on any atom is 0.264 e. The van der Waals surface area contributed by atoms with E-state index in [9.17, 15) is 13.2 Å². The van der Waals surface area contributed by atoms with E-state index in [2.05, 4.69) is 40.3 Å². The molecule has 3 aromatic carbocycles. The topological polar surface area (TPSA) is 75.7 Å². The summed E-state index contributed by atoms with van der Waals surface area (Å²) < 4.78 is 34.2. The Hall–Kier alpha value is -2.84. The zero-order valence-electron chi connectivity index (χ0n) is 20.8. The van der Waals surface area contributed by atoms with E-state index in [1.54, 1.807) is 18.2 Å². The monoisotopic (exact) mass is 558 g/mol. The minimum atomic E-state index is -4.04. The molecule has 0 bridgehead atoms. The van der Waals surface area contributed by atoms with E-state index in [4.69, 9.17) is 4.74 Å². The van der Waals surface area contributed by atoms with E-state index in [0.29, 0.717) is 15.9 Å². The number of halogens is 1. The number of sulfonamides is 1. The Labute approximate surface area is 216 Å². The van der Waals surface area contributed by atoms with Gasteiger partial charge < -0.3 is 10.1 Å². The van der Waals surface area contributed by atoms with Gasteiger partial charge in [-0.1, -0.05) is 29.8 Å². The van der Waals surface area contributed by atoms with E-state index in [1.165, 1.54) is 24.8 Å². The van der Waals surface area contributed by atoms with Crippen LogP contribution in [0.25, 0.3) is 0 Å². The molecule has 0 spiro atoms. The highest BCUT2D eigenvalue weighted by Crippen LogP contribution is 2.31. The molecule has 6 nitrogen and oxygen atoms in total. The number of hydrogen-bond donors (Lipinski definition) is 1. The van der Waals surface area contributed by atoms with Crippen LogP contribution in [-0.2, 0) is 14.8 Å². The number of nitrogens with zero attached hydrogens (tertiary/aromatic N) is 1. The lowest BCUT2D eigenvalue weighted by molar-refractivity contribution is -0.120. The molecule has 1 N–H and O–H groups in total. The van der Waals surface area contributed by atoms with E-state index in [1.807, 2.05) is 39.8 Å². The highest BCUT2D eigenvalue weighted by atomic mass is 79.9. The molecule has 0 unspecified atom stereocenters. The number of rotatable bonds is 8. The molecule has 0 aliphatic heterocycles. The molecule has 0 saturated carbocycles. The van der Waals surface area contributed by atoms with Crippen molar-refractivity contribution in [3.63, 3.8) is 0 Å². The van der Waals surface area contributed by atoms with Crippen molar-refractivity contribution in [2.24, 2.45) is 0 Å². The van der Waals surface area contributed by atoms with Crippen molar-refractivity contribution in [2.75, 3.05) is 18.0 Å². The molecule has 0 radical (unpaired) electrons. The van der Waals surface area contributed by atoms with Crippen molar-refractivity contribution in [3.05, 3.63) is 86.9 Å². The first kappa shape index (κ1) is 26.8. The lowest BCUT2D eigenvalue weighted by Crippen LogP contribution is -2.41. The first-order chi connectivity index (χ1) is 16.4. The van der Waals surface area contributed by atoms with Crippen LogP contribution < -0.4 is 14.4 Å². The van der Waals surface area contributed by atoms with Crippen LogP contribution >= 0.6 is 15.9 Å². The number of ether oxygens (including phenoxy) is 1. The molecule has 0 aromatic heterocycles. The fraction of sp³-hybridized carbons (Fsp3) is 0.296. The fourth-order valence-electron chi connectivity index (χ4n) is 3.91. The average molecular weight is 560 g/mol. The Balaban J connectivity index is 1.93. The summed E-state index contributed by atoms with van der Waals surface area (Å²) in [6.45, 7) is 9.56. The van der Waals surface area contributed by atoms with Gasteiger partial charge >= 0.3 is 0 Å². The molecule has 3 rings (SSSR count). The van der Waals surface area contributed by atoms with Crippen molar-refractivity contribution in [3.8, 4) is 5.75 Å². The Morgan fingerprint density at radius 2 is 1.60 bits per heavy atom. The van der Waals surface area contributed by atoms with E-state index in [0.717, 1.165) is 26.6 Å². The SMILES string of the molecule is COc1ccc(S(=O)(=O)N(CC(=O)N[C@H](C)c2cc(C)c(C)cc2C)c2ccc(C)cc2)cc1Br. The minimum absolute atomic E-state index is 0.0524. The Morgan fingerprint density at radius 1 is 0.971 bits per heavy atom. The minimum Gasteiger partial charge on any atom is -0.496 e. The molecule has 0 heterocycles. The van der Waals surface area contributed by atoms with Gasteiger partial charge in [0.2, 0.25) is 5.91 Å². The molecule has 35 heavy (non-hydrogen) atoms. The quantitative estimate of drug-likeness (QED) is 0.381. The third-order valence-electron chi connectivity index (χ3n) is 6.05. The first-order valence-corrected chi connectivity index (χ1v) is 13.5. The molecule has 1 atom stereocenters. The van der Waals surface area contributed by atoms with Crippen molar-refractivity contribution in [1.82, 2.24) is 5.32 Å². The average Bonchev–Trinajstić information content (AvgIpc) is 2.80. The van der Waals surface area contributed by atoms with Crippen molar-refractivity contribution >= 4 is 37.5 Å². The maximum atomic E-state index is 13.7. The summed E-state index contributed by atoms with van der Waals surface area (Å²) >= 11 is 3.35. The molecular weight excluding hydrogens is 528 g/mol. The Bertz CT molecular complexity index is 1340.